The largest absolute Gasteiger partial charge is 0.342 e. The zero-order valence-corrected chi connectivity index (χ0v) is 15.1. The average Bonchev–Trinajstić information content (AvgIpc) is 3.13. The first-order chi connectivity index (χ1) is 10.8. The van der Waals surface area contributed by atoms with Crippen LogP contribution >= 0.6 is 11.3 Å². The Balaban J connectivity index is 1.72. The van der Waals surface area contributed by atoms with Crippen molar-refractivity contribution >= 4 is 23.2 Å². The molecule has 2 aliphatic rings. The van der Waals surface area contributed by atoms with Crippen molar-refractivity contribution in [2.75, 3.05) is 26.2 Å². The third kappa shape index (κ3) is 3.30. The second kappa shape index (κ2) is 5.93. The van der Waals surface area contributed by atoms with Crippen molar-refractivity contribution in [3.8, 4) is 0 Å². The smallest absolute Gasteiger partial charge is 0.254 e. The predicted molar refractivity (Wildman–Crippen MR) is 92.5 cm³/mol. The van der Waals surface area contributed by atoms with Gasteiger partial charge in [-0.15, -0.1) is 0 Å². The zero-order chi connectivity index (χ0) is 16.7. The van der Waals surface area contributed by atoms with Gasteiger partial charge in [0.2, 0.25) is 5.91 Å². The molecule has 5 heteroatoms. The maximum Gasteiger partial charge on any atom is 0.254 e. The summed E-state index contributed by atoms with van der Waals surface area (Å²) in [4.78, 5) is 29.5. The van der Waals surface area contributed by atoms with E-state index >= 15 is 0 Å². The summed E-state index contributed by atoms with van der Waals surface area (Å²) in [6.07, 6.45) is 2.77. The van der Waals surface area contributed by atoms with Gasteiger partial charge < -0.3 is 9.80 Å². The van der Waals surface area contributed by atoms with Crippen LogP contribution in [0.2, 0.25) is 0 Å². The van der Waals surface area contributed by atoms with E-state index in [1.165, 1.54) is 11.3 Å². The third-order valence-electron chi connectivity index (χ3n) is 4.90. The molecule has 1 atom stereocenters. The molecule has 0 saturated carbocycles. The zero-order valence-electron chi connectivity index (χ0n) is 14.3. The molecule has 2 amide bonds. The van der Waals surface area contributed by atoms with Gasteiger partial charge >= 0.3 is 0 Å². The van der Waals surface area contributed by atoms with Crippen LogP contribution in [0.3, 0.4) is 0 Å². The fraction of sp³-hybridized carbons (Fsp3) is 0.667. The van der Waals surface area contributed by atoms with Gasteiger partial charge in [0, 0.05) is 31.6 Å². The van der Waals surface area contributed by atoms with E-state index in [2.05, 4.69) is 20.8 Å². The van der Waals surface area contributed by atoms with Gasteiger partial charge in [-0.1, -0.05) is 20.8 Å². The van der Waals surface area contributed by atoms with E-state index in [1.54, 1.807) is 0 Å². The summed E-state index contributed by atoms with van der Waals surface area (Å²) >= 11 is 1.54. The van der Waals surface area contributed by atoms with Gasteiger partial charge in [-0.25, -0.2) is 0 Å². The number of rotatable bonds is 2. The molecule has 2 saturated heterocycles. The van der Waals surface area contributed by atoms with Crippen molar-refractivity contribution in [3.05, 3.63) is 22.4 Å². The number of hydrogen-bond donors (Lipinski definition) is 0. The van der Waals surface area contributed by atoms with Crippen LogP contribution in [0.4, 0.5) is 0 Å². The van der Waals surface area contributed by atoms with Crippen LogP contribution in [-0.2, 0) is 4.79 Å². The Bertz CT molecular complexity index is 591. The second-order valence-electron chi connectivity index (χ2n) is 8.16. The Morgan fingerprint density at radius 3 is 2.74 bits per heavy atom. The minimum atomic E-state index is -0.338. The van der Waals surface area contributed by atoms with Crippen molar-refractivity contribution in [2.45, 2.75) is 40.0 Å². The van der Waals surface area contributed by atoms with Crippen molar-refractivity contribution in [2.24, 2.45) is 10.8 Å². The molecule has 3 rings (SSSR count). The fourth-order valence-corrected chi connectivity index (χ4v) is 4.50. The molecule has 1 spiro atoms. The first kappa shape index (κ1) is 16.5. The summed E-state index contributed by atoms with van der Waals surface area (Å²) in [5.41, 5.74) is 0.524. The molecule has 126 valence electrons. The Labute approximate surface area is 142 Å². The van der Waals surface area contributed by atoms with Gasteiger partial charge in [0.25, 0.3) is 5.91 Å². The molecule has 0 aromatic carbocycles. The number of amides is 2. The summed E-state index contributed by atoms with van der Waals surface area (Å²) < 4.78 is 0. The van der Waals surface area contributed by atoms with E-state index in [0.29, 0.717) is 13.1 Å². The van der Waals surface area contributed by atoms with E-state index in [-0.39, 0.29) is 22.6 Å². The molecule has 2 aliphatic heterocycles. The van der Waals surface area contributed by atoms with Gasteiger partial charge in [-0.3, -0.25) is 9.59 Å². The van der Waals surface area contributed by atoms with Crippen LogP contribution in [0, 0.1) is 10.8 Å². The lowest BCUT2D eigenvalue weighted by atomic mass is 9.77. The van der Waals surface area contributed by atoms with Crippen LogP contribution in [0.1, 0.15) is 50.4 Å². The van der Waals surface area contributed by atoms with Crippen LogP contribution in [0.25, 0.3) is 0 Å². The highest BCUT2D eigenvalue weighted by Crippen LogP contribution is 2.41. The lowest BCUT2D eigenvalue weighted by Crippen LogP contribution is -2.52. The Morgan fingerprint density at radius 1 is 1.30 bits per heavy atom. The monoisotopic (exact) mass is 334 g/mol. The molecule has 0 aliphatic carbocycles. The van der Waals surface area contributed by atoms with Gasteiger partial charge in [-0.2, -0.15) is 11.3 Å². The molecule has 0 bridgehead atoms. The quantitative estimate of drug-likeness (QED) is 0.833. The summed E-state index contributed by atoms with van der Waals surface area (Å²) in [7, 11) is 0. The minimum Gasteiger partial charge on any atom is -0.342 e. The summed E-state index contributed by atoms with van der Waals surface area (Å²) in [6.45, 7) is 9.45. The molecule has 3 heterocycles. The van der Waals surface area contributed by atoms with Crippen molar-refractivity contribution in [1.82, 2.24) is 9.80 Å². The first-order valence-corrected chi connectivity index (χ1v) is 9.36. The first-order valence-electron chi connectivity index (χ1n) is 8.42. The van der Waals surface area contributed by atoms with Crippen LogP contribution in [0.5, 0.6) is 0 Å². The van der Waals surface area contributed by atoms with Crippen molar-refractivity contribution in [3.63, 3.8) is 0 Å². The maximum atomic E-state index is 13.1. The van der Waals surface area contributed by atoms with Crippen LogP contribution in [-0.4, -0.2) is 47.8 Å². The molecule has 0 unspecified atom stereocenters. The summed E-state index contributed by atoms with van der Waals surface area (Å²) in [6, 6.07) is 1.87. The SMILES string of the molecule is CC(C)(C)CN1CCC[C@]2(CCN(C(=O)c3ccsc3)C2)C1=O. The van der Waals surface area contributed by atoms with Gasteiger partial charge in [-0.05, 0) is 36.1 Å². The highest BCUT2D eigenvalue weighted by Gasteiger charge is 2.49. The minimum absolute atomic E-state index is 0.0730. The summed E-state index contributed by atoms with van der Waals surface area (Å²) in [5, 5.41) is 3.82. The van der Waals surface area contributed by atoms with Crippen LogP contribution in [0.15, 0.2) is 16.8 Å². The number of nitrogens with zero attached hydrogens (tertiary/aromatic N) is 2. The van der Waals surface area contributed by atoms with E-state index < -0.39 is 0 Å². The Hall–Kier alpha value is -1.36. The molecular weight excluding hydrogens is 308 g/mol. The van der Waals surface area contributed by atoms with E-state index in [9.17, 15) is 9.59 Å². The standard InChI is InChI=1S/C18H26N2O2S/c1-17(2,3)12-20-8-4-6-18(16(20)22)7-9-19(13-18)15(21)14-5-10-23-11-14/h5,10-11H,4,6-9,12-13H2,1-3H3/t18-/m1/s1. The molecule has 1 aromatic rings. The number of carbonyl (C=O) groups excluding carboxylic acids is 2. The number of likely N-dealkylation sites (tertiary alicyclic amines) is 2. The molecule has 0 N–H and O–H groups in total. The lowest BCUT2D eigenvalue weighted by Gasteiger charge is -2.41. The van der Waals surface area contributed by atoms with Gasteiger partial charge in [0.05, 0.1) is 11.0 Å². The molecule has 2 fully saturated rings. The number of carbonyl (C=O) groups is 2. The molecule has 1 aromatic heterocycles. The van der Waals surface area contributed by atoms with Crippen molar-refractivity contribution in [1.29, 1.82) is 0 Å². The Kier molecular flexibility index (Phi) is 4.25. The van der Waals surface area contributed by atoms with Crippen molar-refractivity contribution < 1.29 is 9.59 Å². The molecule has 4 nitrogen and oxygen atoms in total. The van der Waals surface area contributed by atoms with Gasteiger partial charge in [0.15, 0.2) is 0 Å². The normalized spacial score (nSPS) is 25.4. The Morgan fingerprint density at radius 2 is 2.09 bits per heavy atom. The second-order valence-corrected chi connectivity index (χ2v) is 8.94. The number of hydrogen-bond acceptors (Lipinski definition) is 3. The van der Waals surface area contributed by atoms with E-state index in [1.807, 2.05) is 26.6 Å². The molecule has 23 heavy (non-hydrogen) atoms. The third-order valence-corrected chi connectivity index (χ3v) is 5.58. The van der Waals surface area contributed by atoms with E-state index in [4.69, 9.17) is 0 Å². The predicted octanol–water partition coefficient (Wildman–Crippen LogP) is 3.25. The summed E-state index contributed by atoms with van der Waals surface area (Å²) in [5.74, 6) is 0.336. The highest BCUT2D eigenvalue weighted by molar-refractivity contribution is 7.08. The highest BCUT2D eigenvalue weighted by atomic mass is 32.1. The average molecular weight is 334 g/mol. The lowest BCUT2D eigenvalue weighted by molar-refractivity contribution is -0.146. The number of piperidine rings is 1. The number of thiophene rings is 1. The topological polar surface area (TPSA) is 40.6 Å². The molecule has 0 radical (unpaired) electrons. The molecular formula is C18H26N2O2S. The van der Waals surface area contributed by atoms with E-state index in [0.717, 1.165) is 37.9 Å². The fourth-order valence-electron chi connectivity index (χ4n) is 3.87. The van der Waals surface area contributed by atoms with Gasteiger partial charge in [0.1, 0.15) is 0 Å². The maximum absolute atomic E-state index is 13.1. The van der Waals surface area contributed by atoms with Crippen LogP contribution < -0.4 is 0 Å².